The van der Waals surface area contributed by atoms with Crippen LogP contribution in [0.1, 0.15) is 47.1 Å². The van der Waals surface area contributed by atoms with Gasteiger partial charge in [0.25, 0.3) is 11.8 Å². The largest absolute Gasteiger partial charge is 0.472 e. The van der Waals surface area contributed by atoms with Crippen LogP contribution in [0.4, 0.5) is 0 Å². The van der Waals surface area contributed by atoms with E-state index in [-0.39, 0.29) is 42.3 Å². The Bertz CT molecular complexity index is 1080. The van der Waals surface area contributed by atoms with Crippen LogP contribution >= 0.6 is 0 Å². The zero-order valence-corrected chi connectivity index (χ0v) is 19.8. The molecule has 1 aliphatic rings. The van der Waals surface area contributed by atoms with Crippen LogP contribution in [0.15, 0.2) is 36.8 Å². The van der Waals surface area contributed by atoms with Crippen LogP contribution in [0.5, 0.6) is 5.88 Å². The molecule has 180 valence electrons. The molecule has 4 atom stereocenters. The van der Waals surface area contributed by atoms with Gasteiger partial charge in [-0.3, -0.25) is 14.6 Å². The highest BCUT2D eigenvalue weighted by Crippen LogP contribution is 2.27. The van der Waals surface area contributed by atoms with E-state index in [0.29, 0.717) is 17.7 Å². The molecular formula is C25H30N4O5. The number of rotatable bonds is 5. The molecule has 0 unspecified atom stereocenters. The number of hydrogen-bond donors (Lipinski definition) is 2. The lowest BCUT2D eigenvalue weighted by Gasteiger charge is -2.37. The van der Waals surface area contributed by atoms with E-state index in [1.165, 1.54) is 6.20 Å². The number of carbonyl (C=O) groups is 2. The smallest absolute Gasteiger partial charge is 0.259 e. The number of nitrogens with zero attached hydrogens (tertiary/aromatic N) is 4. The van der Waals surface area contributed by atoms with Gasteiger partial charge in [0.1, 0.15) is 17.8 Å². The normalized spacial score (nSPS) is 19.5. The number of aliphatic hydroxyl groups is 2. The van der Waals surface area contributed by atoms with E-state index in [4.69, 9.17) is 4.74 Å². The maximum Gasteiger partial charge on any atom is 0.259 e. The number of carbonyl (C=O) groups excluding carboxylic acids is 2. The first kappa shape index (κ1) is 25.1. The number of aliphatic hydroxyl groups excluding tert-OH is 2. The molecule has 0 spiro atoms. The summed E-state index contributed by atoms with van der Waals surface area (Å²) >= 11 is 0. The average molecular weight is 467 g/mol. The van der Waals surface area contributed by atoms with Crippen molar-refractivity contribution in [3.63, 3.8) is 0 Å². The molecule has 34 heavy (non-hydrogen) atoms. The molecule has 0 fully saturated rings. The molecule has 2 aromatic rings. The Labute approximate surface area is 199 Å². The van der Waals surface area contributed by atoms with Gasteiger partial charge in [0.05, 0.1) is 19.2 Å². The third-order valence-electron chi connectivity index (χ3n) is 5.67. The summed E-state index contributed by atoms with van der Waals surface area (Å²) in [6.45, 7) is 5.64. The summed E-state index contributed by atoms with van der Waals surface area (Å²) in [5, 5.41) is 19.2. The van der Waals surface area contributed by atoms with Crippen molar-refractivity contribution in [2.45, 2.75) is 39.0 Å². The average Bonchev–Trinajstić information content (AvgIpc) is 2.84. The fourth-order valence-corrected chi connectivity index (χ4v) is 3.64. The van der Waals surface area contributed by atoms with Crippen molar-refractivity contribution in [1.29, 1.82) is 0 Å². The van der Waals surface area contributed by atoms with E-state index < -0.39 is 18.2 Å². The minimum atomic E-state index is -0.821. The molecular weight excluding hydrogens is 436 g/mol. The van der Waals surface area contributed by atoms with Gasteiger partial charge in [-0.25, -0.2) is 4.98 Å². The van der Waals surface area contributed by atoms with Crippen molar-refractivity contribution >= 4 is 11.8 Å². The summed E-state index contributed by atoms with van der Waals surface area (Å²) in [6, 6.07) is 4.45. The number of aromatic nitrogens is 2. The first-order valence-electron chi connectivity index (χ1n) is 11.1. The van der Waals surface area contributed by atoms with E-state index in [0.717, 1.165) is 0 Å². The van der Waals surface area contributed by atoms with Crippen molar-refractivity contribution in [3.05, 3.63) is 53.5 Å². The lowest BCUT2D eigenvalue weighted by Crippen LogP contribution is -2.50. The summed E-state index contributed by atoms with van der Waals surface area (Å²) in [7, 11) is 1.69. The van der Waals surface area contributed by atoms with Gasteiger partial charge in [-0.15, -0.1) is 0 Å². The van der Waals surface area contributed by atoms with Gasteiger partial charge in [0.15, 0.2) is 0 Å². The summed E-state index contributed by atoms with van der Waals surface area (Å²) in [4.78, 5) is 37.7. The summed E-state index contributed by atoms with van der Waals surface area (Å²) in [6.07, 6.45) is 3.33. The first-order valence-corrected chi connectivity index (χ1v) is 11.1. The topological polar surface area (TPSA) is 116 Å². The van der Waals surface area contributed by atoms with Crippen molar-refractivity contribution in [2.24, 2.45) is 5.92 Å². The Morgan fingerprint density at radius 1 is 1.35 bits per heavy atom. The molecule has 0 saturated carbocycles. The van der Waals surface area contributed by atoms with Crippen molar-refractivity contribution in [2.75, 3.05) is 26.7 Å². The molecule has 2 aromatic heterocycles. The van der Waals surface area contributed by atoms with Crippen LogP contribution in [-0.4, -0.2) is 86.8 Å². The van der Waals surface area contributed by atoms with E-state index >= 15 is 0 Å². The monoisotopic (exact) mass is 466 g/mol. The third-order valence-corrected chi connectivity index (χ3v) is 5.67. The van der Waals surface area contributed by atoms with Gasteiger partial charge < -0.3 is 24.7 Å². The highest BCUT2D eigenvalue weighted by atomic mass is 16.5. The lowest BCUT2D eigenvalue weighted by molar-refractivity contribution is 0.0313. The minimum Gasteiger partial charge on any atom is -0.472 e. The van der Waals surface area contributed by atoms with E-state index in [1.54, 1.807) is 61.3 Å². The number of hydrogen-bond acceptors (Lipinski definition) is 7. The number of fused-ring (bicyclic) bond motifs is 1. The van der Waals surface area contributed by atoms with Crippen LogP contribution < -0.4 is 4.74 Å². The molecule has 9 heteroatoms. The van der Waals surface area contributed by atoms with Gasteiger partial charge in [0, 0.05) is 49.2 Å². The second-order valence-electron chi connectivity index (χ2n) is 8.57. The SMILES string of the molecule is C[C@H](CO)N1C[C@H](C)[C@@H](CN(C)C(=O)c2ccncc2)Oc2ncc(C#C[C@@H](C)O)cc2C1=O. The molecule has 0 aromatic carbocycles. The van der Waals surface area contributed by atoms with Gasteiger partial charge >= 0.3 is 0 Å². The maximum atomic E-state index is 13.4. The van der Waals surface area contributed by atoms with Gasteiger partial charge in [-0.1, -0.05) is 18.8 Å². The van der Waals surface area contributed by atoms with Crippen molar-refractivity contribution in [3.8, 4) is 17.7 Å². The second kappa shape index (κ2) is 11.1. The number of likely N-dealkylation sites (N-methyl/N-ethyl adjacent to an activating group) is 1. The van der Waals surface area contributed by atoms with Crippen molar-refractivity contribution in [1.82, 2.24) is 19.8 Å². The highest BCUT2D eigenvalue weighted by Gasteiger charge is 2.34. The fourth-order valence-electron chi connectivity index (χ4n) is 3.64. The Morgan fingerprint density at radius 2 is 2.06 bits per heavy atom. The van der Waals surface area contributed by atoms with Crippen LogP contribution in [0, 0.1) is 17.8 Å². The molecule has 1 aliphatic heterocycles. The quantitative estimate of drug-likeness (QED) is 0.636. The Balaban J connectivity index is 1.95. The molecule has 0 saturated heterocycles. The summed E-state index contributed by atoms with van der Waals surface area (Å²) < 4.78 is 6.19. The molecule has 3 heterocycles. The fraction of sp³-hybridized carbons (Fsp3) is 0.440. The van der Waals surface area contributed by atoms with Gasteiger partial charge in [-0.05, 0) is 32.0 Å². The van der Waals surface area contributed by atoms with Gasteiger partial charge in [-0.2, -0.15) is 0 Å². The maximum absolute atomic E-state index is 13.4. The zero-order valence-electron chi connectivity index (χ0n) is 19.8. The van der Waals surface area contributed by atoms with Gasteiger partial charge in [0.2, 0.25) is 5.88 Å². The van der Waals surface area contributed by atoms with E-state index in [9.17, 15) is 19.8 Å². The predicted octanol–water partition coefficient (Wildman–Crippen LogP) is 1.20. The van der Waals surface area contributed by atoms with Crippen LogP contribution in [0.2, 0.25) is 0 Å². The molecule has 0 bridgehead atoms. The summed E-state index contributed by atoms with van der Waals surface area (Å²) in [5.41, 5.74) is 1.20. The molecule has 2 amide bonds. The second-order valence-corrected chi connectivity index (χ2v) is 8.57. The van der Waals surface area contributed by atoms with E-state index in [2.05, 4.69) is 21.8 Å². The Kier molecular flexibility index (Phi) is 8.21. The lowest BCUT2D eigenvalue weighted by atomic mass is 9.99. The molecule has 9 nitrogen and oxygen atoms in total. The number of ether oxygens (including phenoxy) is 1. The van der Waals surface area contributed by atoms with Crippen molar-refractivity contribution < 1.29 is 24.5 Å². The Morgan fingerprint density at radius 3 is 2.71 bits per heavy atom. The van der Waals surface area contributed by atoms with Crippen LogP contribution in [0.25, 0.3) is 0 Å². The first-order chi connectivity index (χ1) is 16.2. The Hall–Kier alpha value is -3.48. The standard InChI is InChI=1S/C25H30N4O5/c1-16-13-29(17(2)15-30)25(33)21-11-19(6-5-18(3)31)12-27-23(21)34-22(16)14-28(4)24(32)20-7-9-26-10-8-20/h7-12,16-18,22,30-31H,13-15H2,1-4H3/t16-,17+,18+,22+/m0/s1. The minimum absolute atomic E-state index is 0.143. The number of pyridine rings is 2. The zero-order chi connectivity index (χ0) is 24.8. The van der Waals surface area contributed by atoms with Crippen LogP contribution in [-0.2, 0) is 0 Å². The molecule has 0 aliphatic carbocycles. The molecule has 0 radical (unpaired) electrons. The molecule has 2 N–H and O–H groups in total. The number of amides is 2. The summed E-state index contributed by atoms with van der Waals surface area (Å²) in [5.74, 6) is 4.93. The predicted molar refractivity (Wildman–Crippen MR) is 125 cm³/mol. The van der Waals surface area contributed by atoms with E-state index in [1.807, 2.05) is 6.92 Å². The third kappa shape index (κ3) is 5.90. The highest BCUT2D eigenvalue weighted by molar-refractivity contribution is 5.97. The molecule has 3 rings (SSSR count). The van der Waals surface area contributed by atoms with Crippen LogP contribution in [0.3, 0.4) is 0 Å².